The quantitative estimate of drug-likeness (QED) is 0.143. The van der Waals surface area contributed by atoms with E-state index in [1.54, 1.807) is 12.4 Å². The van der Waals surface area contributed by atoms with Crippen LogP contribution >= 0.6 is 51.6 Å². The lowest BCUT2D eigenvalue weighted by molar-refractivity contribution is 0.0776. The Bertz CT molecular complexity index is 1420. The fourth-order valence-corrected chi connectivity index (χ4v) is 6.81. The molecule has 2 atom stereocenters. The maximum atomic E-state index is 6.34. The van der Waals surface area contributed by atoms with Crippen LogP contribution < -0.4 is 10.1 Å². The fraction of sp³-hybridized carbons (Fsp3) is 0.286. The molecule has 5 rings (SSSR count). The van der Waals surface area contributed by atoms with Gasteiger partial charge in [0.25, 0.3) is 0 Å². The number of aromatic nitrogens is 3. The van der Waals surface area contributed by atoms with Crippen molar-refractivity contribution < 1.29 is 9.47 Å². The summed E-state index contributed by atoms with van der Waals surface area (Å²) in [5, 5.41) is 10.5. The number of ether oxygens (including phenoxy) is 2. The zero-order chi connectivity index (χ0) is 26.5. The lowest BCUT2D eigenvalue weighted by Gasteiger charge is -2.23. The van der Waals surface area contributed by atoms with Gasteiger partial charge in [0.05, 0.1) is 27.6 Å². The van der Waals surface area contributed by atoms with Crippen LogP contribution in [0.25, 0.3) is 23.1 Å². The molecule has 2 unspecified atom stereocenters. The zero-order valence-electron chi connectivity index (χ0n) is 20.8. The first-order valence-corrected chi connectivity index (χ1v) is 17.3. The Hall–Kier alpha value is -1.74. The molecule has 1 N–H and O–H groups in total. The number of hydrogen-bond donors (Lipinski definition) is 1. The van der Waals surface area contributed by atoms with E-state index in [2.05, 4.69) is 68.8 Å². The van der Waals surface area contributed by atoms with Gasteiger partial charge in [-0.1, -0.05) is 53.5 Å². The van der Waals surface area contributed by atoms with Gasteiger partial charge >= 0.3 is 0 Å². The van der Waals surface area contributed by atoms with E-state index in [-0.39, 0.29) is 6.10 Å². The summed E-state index contributed by atoms with van der Waals surface area (Å²) in [5.41, 5.74) is 5.08. The minimum atomic E-state index is -0.339. The summed E-state index contributed by atoms with van der Waals surface area (Å²) in [4.78, 5) is 4.03. The number of pyridine rings is 1. The molecule has 0 bridgehead atoms. The smallest absolute Gasteiger partial charge is 0.124 e. The third kappa shape index (κ3) is 6.69. The molecule has 4 aromatic rings. The Morgan fingerprint density at radius 1 is 1.16 bits per heavy atom. The second-order valence-electron chi connectivity index (χ2n) is 9.18. The molecule has 1 aliphatic heterocycles. The van der Waals surface area contributed by atoms with Crippen LogP contribution in [-0.2, 0) is 11.3 Å². The van der Waals surface area contributed by atoms with Gasteiger partial charge < -0.3 is 14.8 Å². The molecule has 10 heteroatoms. The molecule has 2 aromatic heterocycles. The lowest BCUT2D eigenvalue weighted by atomic mass is 10.1. The number of fused-ring (bicyclic) bond motifs is 1. The van der Waals surface area contributed by atoms with Gasteiger partial charge in [0.15, 0.2) is 0 Å². The number of halogens is 3. The first-order valence-electron chi connectivity index (χ1n) is 12.4. The van der Waals surface area contributed by atoms with Gasteiger partial charge in [-0.05, 0) is 77.2 Å². The number of rotatable bonds is 9. The third-order valence-corrected chi connectivity index (χ3v) is 9.04. The molecule has 3 heterocycles. The molecule has 1 fully saturated rings. The van der Waals surface area contributed by atoms with Crippen molar-refractivity contribution in [3.8, 4) is 5.75 Å². The van der Waals surface area contributed by atoms with E-state index in [4.69, 9.17) is 37.8 Å². The monoisotopic (exact) mass is 680 g/mol. The normalized spacial score (nSPS) is 15.7. The molecule has 198 valence electrons. The third-order valence-electron chi connectivity index (χ3n) is 6.57. The fourth-order valence-electron chi connectivity index (χ4n) is 4.60. The van der Waals surface area contributed by atoms with Gasteiger partial charge in [-0.15, -0.1) is 0 Å². The summed E-state index contributed by atoms with van der Waals surface area (Å²) >= 11 is 15.0. The number of benzene rings is 2. The van der Waals surface area contributed by atoms with Gasteiger partial charge in [-0.2, -0.15) is 5.10 Å². The highest BCUT2D eigenvalue weighted by molar-refractivity contribution is 14.2. The summed E-state index contributed by atoms with van der Waals surface area (Å²) in [6.07, 6.45) is 9.63. The van der Waals surface area contributed by atoms with Gasteiger partial charge in [-0.3, -0.25) is 4.98 Å². The van der Waals surface area contributed by atoms with Crippen LogP contribution in [0.5, 0.6) is 5.75 Å². The van der Waals surface area contributed by atoms with Crippen molar-refractivity contribution in [1.82, 2.24) is 19.9 Å². The molecule has 0 radical (unpaired) electrons. The summed E-state index contributed by atoms with van der Waals surface area (Å²) in [6.45, 7) is 4.47. The van der Waals surface area contributed by atoms with Crippen LogP contribution in [0.2, 0.25) is 10.0 Å². The minimum Gasteiger partial charge on any atom is -0.486 e. The van der Waals surface area contributed by atoms with Crippen molar-refractivity contribution in [1.29, 1.82) is 0 Å². The highest BCUT2D eigenvalue weighted by Crippen LogP contribution is 2.36. The van der Waals surface area contributed by atoms with E-state index in [1.807, 2.05) is 29.6 Å². The van der Waals surface area contributed by atoms with E-state index < -0.39 is 0 Å². The average Bonchev–Trinajstić information content (AvgIpc) is 3.28. The number of nitrogens with one attached hydrogen (secondary N) is 1. The van der Waals surface area contributed by atoms with Crippen LogP contribution in [0.15, 0.2) is 54.9 Å². The van der Waals surface area contributed by atoms with Crippen molar-refractivity contribution in [2.75, 3.05) is 13.2 Å². The SMILES string of the molecule is CC(Oc1ccc2c(c1)c(/C=C/c1cccc(CNC3CCOCC3)c1)nn2PI)c1c(Cl)cncc1Cl. The van der Waals surface area contributed by atoms with Crippen molar-refractivity contribution in [3.05, 3.63) is 87.3 Å². The van der Waals surface area contributed by atoms with Crippen LogP contribution in [0, 0.1) is 0 Å². The minimum absolute atomic E-state index is 0.339. The Balaban J connectivity index is 1.35. The molecule has 0 amide bonds. The first kappa shape index (κ1) is 27.8. The van der Waals surface area contributed by atoms with E-state index >= 15 is 0 Å². The number of hydrogen-bond acceptors (Lipinski definition) is 5. The van der Waals surface area contributed by atoms with Crippen molar-refractivity contribution >= 4 is 74.7 Å². The van der Waals surface area contributed by atoms with Gasteiger partial charge in [0.2, 0.25) is 0 Å². The second-order valence-corrected chi connectivity index (χ2v) is 12.0. The summed E-state index contributed by atoms with van der Waals surface area (Å²) in [6, 6.07) is 15.2. The Morgan fingerprint density at radius 2 is 1.95 bits per heavy atom. The second kappa shape index (κ2) is 13.1. The van der Waals surface area contributed by atoms with Crippen molar-refractivity contribution in [2.24, 2.45) is 0 Å². The Labute approximate surface area is 247 Å². The van der Waals surface area contributed by atoms with Crippen LogP contribution in [0.4, 0.5) is 0 Å². The van der Waals surface area contributed by atoms with Crippen LogP contribution in [0.3, 0.4) is 0 Å². The van der Waals surface area contributed by atoms with Crippen molar-refractivity contribution in [3.63, 3.8) is 0 Å². The highest BCUT2D eigenvalue weighted by Gasteiger charge is 2.17. The molecule has 0 spiro atoms. The van der Waals surface area contributed by atoms with E-state index in [0.29, 0.717) is 22.5 Å². The summed E-state index contributed by atoms with van der Waals surface area (Å²) < 4.78 is 13.7. The molecule has 0 aliphatic carbocycles. The van der Waals surface area contributed by atoms with Crippen LogP contribution in [0.1, 0.15) is 48.3 Å². The molecule has 2 aromatic carbocycles. The Kier molecular flexibility index (Phi) is 9.57. The summed E-state index contributed by atoms with van der Waals surface area (Å²) in [5.74, 6) is 0.723. The zero-order valence-corrected chi connectivity index (χ0v) is 25.5. The molecule has 6 nitrogen and oxygen atoms in total. The largest absolute Gasteiger partial charge is 0.486 e. The number of nitrogens with zero attached hydrogens (tertiary/aromatic N) is 3. The maximum absolute atomic E-state index is 6.34. The lowest BCUT2D eigenvalue weighted by Crippen LogP contribution is -2.34. The predicted molar refractivity (Wildman–Crippen MR) is 167 cm³/mol. The average molecular weight is 681 g/mol. The van der Waals surface area contributed by atoms with Gasteiger partial charge in [-0.25, -0.2) is 4.45 Å². The molecule has 1 saturated heterocycles. The molecular weight excluding hydrogens is 653 g/mol. The maximum Gasteiger partial charge on any atom is 0.124 e. The summed E-state index contributed by atoms with van der Waals surface area (Å²) in [7, 11) is 0. The molecule has 0 saturated carbocycles. The van der Waals surface area contributed by atoms with E-state index in [9.17, 15) is 0 Å². The highest BCUT2D eigenvalue weighted by atomic mass is 127. The topological polar surface area (TPSA) is 61.2 Å². The van der Waals surface area contributed by atoms with Crippen molar-refractivity contribution in [2.45, 2.75) is 38.5 Å². The van der Waals surface area contributed by atoms with E-state index in [0.717, 1.165) is 66.1 Å². The first-order chi connectivity index (χ1) is 18.5. The molecule has 38 heavy (non-hydrogen) atoms. The van der Waals surface area contributed by atoms with E-state index in [1.165, 1.54) is 5.56 Å². The molecule has 1 aliphatic rings. The van der Waals surface area contributed by atoms with Crippen LogP contribution in [-0.4, -0.2) is 33.8 Å². The predicted octanol–water partition coefficient (Wildman–Crippen LogP) is 8.11. The van der Waals surface area contributed by atoms with Gasteiger partial charge in [0, 0.05) is 49.1 Å². The molecular formula is C28H28Cl2IN4O2P. The van der Waals surface area contributed by atoms with Gasteiger partial charge in [0.1, 0.15) is 11.9 Å². The Morgan fingerprint density at radius 3 is 2.71 bits per heavy atom. The standard InChI is InChI=1S/C28H28Cl2IN4O2P/c1-18(28-24(29)16-32-17-25(28)30)37-22-6-8-27-23(14-22)26(34-35(27)38-31)7-5-19-3-2-4-20(13-19)15-33-21-9-11-36-12-10-21/h2-8,13-14,16-18,21,33,38H,9-12,15H2,1H3/b7-5+.